The van der Waals surface area contributed by atoms with Crippen LogP contribution in [0.3, 0.4) is 0 Å². The minimum Gasteiger partial charge on any atom is -0.300 e. The van der Waals surface area contributed by atoms with E-state index in [1.165, 1.54) is 25.7 Å². The minimum absolute atomic E-state index is 0.317. The lowest BCUT2D eigenvalue weighted by Gasteiger charge is -2.50. The van der Waals surface area contributed by atoms with Crippen molar-refractivity contribution in [2.24, 2.45) is 35.0 Å². The molecule has 0 aromatic heterocycles. The molecular weight excluding hydrogens is 220 g/mol. The van der Waals surface area contributed by atoms with Gasteiger partial charge >= 0.3 is 0 Å². The van der Waals surface area contributed by atoms with Crippen molar-refractivity contribution >= 4 is 5.78 Å². The zero-order valence-electron chi connectivity index (χ0n) is 12.0. The van der Waals surface area contributed by atoms with Gasteiger partial charge in [0.2, 0.25) is 0 Å². The lowest BCUT2D eigenvalue weighted by molar-refractivity contribution is -0.126. The topological polar surface area (TPSA) is 17.1 Å². The number of fused-ring (bicyclic) bond motifs is 3. The zero-order valence-corrected chi connectivity index (χ0v) is 12.0. The van der Waals surface area contributed by atoms with Gasteiger partial charge < -0.3 is 0 Å². The van der Waals surface area contributed by atoms with Gasteiger partial charge in [-0.05, 0) is 68.1 Å². The number of hydrogen-bond donors (Lipinski definition) is 0. The molecule has 0 amide bonds. The number of ketones is 1. The highest BCUT2D eigenvalue weighted by Crippen LogP contribution is 2.61. The Bertz CT molecular complexity index is 383. The Morgan fingerprint density at radius 2 is 2.00 bits per heavy atom. The van der Waals surface area contributed by atoms with Crippen molar-refractivity contribution in [3.05, 3.63) is 12.2 Å². The highest BCUT2D eigenvalue weighted by molar-refractivity contribution is 5.79. The molecule has 3 aliphatic carbocycles. The summed E-state index contributed by atoms with van der Waals surface area (Å²) in [6.45, 7) is 6.61. The van der Waals surface area contributed by atoms with Gasteiger partial charge in [0.25, 0.3) is 0 Å². The van der Waals surface area contributed by atoms with Gasteiger partial charge in [-0.25, -0.2) is 0 Å². The molecular formula is C17H26O. The number of carbonyl (C=O) groups excluding carboxylic acids is 1. The normalized spacial score (nSPS) is 50.7. The third-order valence-electron chi connectivity index (χ3n) is 6.51. The van der Waals surface area contributed by atoms with Crippen molar-refractivity contribution in [3.63, 3.8) is 0 Å². The number of rotatable bonds is 1. The molecule has 0 saturated heterocycles. The summed E-state index contributed by atoms with van der Waals surface area (Å²) in [5, 5.41) is 0. The summed E-state index contributed by atoms with van der Waals surface area (Å²) in [5.41, 5.74) is 0.317. The average molecular weight is 246 g/mol. The van der Waals surface area contributed by atoms with Crippen LogP contribution in [0.25, 0.3) is 0 Å². The summed E-state index contributed by atoms with van der Waals surface area (Å²) in [7, 11) is 0. The number of allylic oxidation sites excluding steroid dienone is 2. The molecule has 0 radical (unpaired) electrons. The van der Waals surface area contributed by atoms with E-state index in [2.05, 4.69) is 26.0 Å². The largest absolute Gasteiger partial charge is 0.300 e. The molecule has 2 fully saturated rings. The zero-order chi connectivity index (χ0) is 12.9. The molecule has 2 unspecified atom stereocenters. The predicted molar refractivity (Wildman–Crippen MR) is 74.1 cm³/mol. The maximum atomic E-state index is 11.9. The van der Waals surface area contributed by atoms with Gasteiger partial charge in [-0.15, -0.1) is 0 Å². The maximum Gasteiger partial charge on any atom is 0.133 e. The summed E-state index contributed by atoms with van der Waals surface area (Å²) in [6.07, 6.45) is 11.1. The molecule has 100 valence electrons. The third-order valence-corrected chi connectivity index (χ3v) is 6.51. The van der Waals surface area contributed by atoms with Crippen LogP contribution >= 0.6 is 0 Å². The average Bonchev–Trinajstić information content (AvgIpc) is 2.67. The van der Waals surface area contributed by atoms with E-state index in [0.717, 1.165) is 30.1 Å². The van der Waals surface area contributed by atoms with Crippen molar-refractivity contribution < 1.29 is 4.79 Å². The van der Waals surface area contributed by atoms with Gasteiger partial charge in [-0.3, -0.25) is 4.79 Å². The molecule has 2 saturated carbocycles. The second-order valence-electron chi connectivity index (χ2n) is 7.24. The van der Waals surface area contributed by atoms with Crippen LogP contribution in [-0.4, -0.2) is 5.78 Å². The Kier molecular flexibility index (Phi) is 2.91. The fraction of sp³-hybridized carbons (Fsp3) is 0.824. The Hall–Kier alpha value is -0.590. The second kappa shape index (κ2) is 4.21. The molecule has 6 atom stereocenters. The van der Waals surface area contributed by atoms with Crippen LogP contribution in [0, 0.1) is 35.0 Å². The highest BCUT2D eigenvalue weighted by Gasteiger charge is 2.55. The van der Waals surface area contributed by atoms with E-state index >= 15 is 0 Å². The fourth-order valence-electron chi connectivity index (χ4n) is 5.57. The van der Waals surface area contributed by atoms with Crippen LogP contribution in [0.4, 0.5) is 0 Å². The Morgan fingerprint density at radius 1 is 1.22 bits per heavy atom. The molecule has 3 rings (SSSR count). The number of hydrogen-bond acceptors (Lipinski definition) is 1. The smallest absolute Gasteiger partial charge is 0.133 e. The lowest BCUT2D eigenvalue weighted by atomic mass is 9.54. The minimum atomic E-state index is 0.317. The van der Waals surface area contributed by atoms with E-state index in [0.29, 0.717) is 17.1 Å². The number of carbonyl (C=O) groups is 1. The van der Waals surface area contributed by atoms with Crippen molar-refractivity contribution in [2.45, 2.75) is 52.9 Å². The third kappa shape index (κ3) is 1.62. The summed E-state index contributed by atoms with van der Waals surface area (Å²) in [5.74, 6) is 4.09. The molecule has 1 heteroatoms. The fourth-order valence-corrected chi connectivity index (χ4v) is 5.57. The first-order valence-corrected chi connectivity index (χ1v) is 7.71. The highest BCUT2D eigenvalue weighted by atomic mass is 16.1. The van der Waals surface area contributed by atoms with E-state index in [4.69, 9.17) is 0 Å². The molecule has 0 heterocycles. The summed E-state index contributed by atoms with van der Waals surface area (Å²) >= 11 is 0. The van der Waals surface area contributed by atoms with Gasteiger partial charge in [0.15, 0.2) is 0 Å². The van der Waals surface area contributed by atoms with E-state index in [-0.39, 0.29) is 0 Å². The first kappa shape index (κ1) is 12.4. The Balaban J connectivity index is 1.90. The van der Waals surface area contributed by atoms with Gasteiger partial charge in [0.05, 0.1) is 0 Å². The van der Waals surface area contributed by atoms with Crippen LogP contribution in [0.1, 0.15) is 52.9 Å². The molecule has 0 N–H and O–H groups in total. The standard InChI is InChI=1S/C17H26O/c1-11-5-4-6-14-13(11)9-10-17(3)15(12(2)18)7-8-16(14)17/h4-5,11,13-16H,6-10H2,1-3H3/t11-,13?,14-,15-,16?,17-/m1/s1. The van der Waals surface area contributed by atoms with Gasteiger partial charge in [0.1, 0.15) is 5.78 Å². The first-order valence-electron chi connectivity index (χ1n) is 7.71. The number of Topliss-reactive ketones (excluding diaryl/α,β-unsaturated/α-hetero) is 1. The van der Waals surface area contributed by atoms with E-state index in [1.807, 2.05) is 6.92 Å². The van der Waals surface area contributed by atoms with Crippen LogP contribution in [0.5, 0.6) is 0 Å². The Morgan fingerprint density at radius 3 is 2.72 bits per heavy atom. The van der Waals surface area contributed by atoms with Crippen molar-refractivity contribution in [3.8, 4) is 0 Å². The summed E-state index contributed by atoms with van der Waals surface area (Å²) < 4.78 is 0. The predicted octanol–water partition coefficient (Wildman–Crippen LogP) is 4.23. The van der Waals surface area contributed by atoms with Gasteiger partial charge in [-0.2, -0.15) is 0 Å². The van der Waals surface area contributed by atoms with E-state index < -0.39 is 0 Å². The molecule has 0 spiro atoms. The maximum absolute atomic E-state index is 11.9. The molecule has 18 heavy (non-hydrogen) atoms. The quantitative estimate of drug-likeness (QED) is 0.633. The summed E-state index contributed by atoms with van der Waals surface area (Å²) in [6, 6.07) is 0. The Labute approximate surface area is 111 Å². The van der Waals surface area contributed by atoms with Gasteiger partial charge in [0, 0.05) is 5.92 Å². The molecule has 3 aliphatic rings. The van der Waals surface area contributed by atoms with Crippen molar-refractivity contribution in [2.75, 3.05) is 0 Å². The van der Waals surface area contributed by atoms with Gasteiger partial charge in [-0.1, -0.05) is 26.0 Å². The SMILES string of the molecule is CC(=O)[C@H]1CCC2[C@@H]3CC=C[C@@H](C)C3CC[C@@]21C. The molecule has 1 nitrogen and oxygen atoms in total. The monoisotopic (exact) mass is 246 g/mol. The van der Waals surface area contributed by atoms with Crippen LogP contribution in [-0.2, 0) is 4.79 Å². The molecule has 0 bridgehead atoms. The molecule has 0 aliphatic heterocycles. The van der Waals surface area contributed by atoms with Crippen molar-refractivity contribution in [1.82, 2.24) is 0 Å². The molecule has 0 aromatic carbocycles. The molecule has 0 aromatic rings. The van der Waals surface area contributed by atoms with Crippen LogP contribution in [0.2, 0.25) is 0 Å². The summed E-state index contributed by atoms with van der Waals surface area (Å²) in [4.78, 5) is 11.9. The first-order chi connectivity index (χ1) is 8.54. The van der Waals surface area contributed by atoms with Crippen LogP contribution in [0.15, 0.2) is 12.2 Å². The lowest BCUT2D eigenvalue weighted by Crippen LogP contribution is -2.45. The second-order valence-corrected chi connectivity index (χ2v) is 7.24. The van der Waals surface area contributed by atoms with E-state index in [9.17, 15) is 4.79 Å². The van der Waals surface area contributed by atoms with E-state index in [1.54, 1.807) is 0 Å². The van der Waals surface area contributed by atoms with Crippen molar-refractivity contribution in [1.29, 1.82) is 0 Å². The van der Waals surface area contributed by atoms with Crippen LogP contribution < -0.4 is 0 Å².